The number of hydrogen-bond donors (Lipinski definition) is 2. The standard InChI is InChI=1S/C22H34F3N5/c1-26-20(27-16-18-7-6-8-19(15-18)22(23,24)25)28-17-21(9-13-29(2)14-10-21)30-11-4-3-5-12-30/h6-8,15H,3-5,9-14,16-17H2,1-2H3,(H2,26,27,28). The quantitative estimate of drug-likeness (QED) is 0.561. The highest BCUT2D eigenvalue weighted by Gasteiger charge is 2.39. The van der Waals surface area contributed by atoms with Gasteiger partial charge in [0, 0.05) is 25.7 Å². The maximum atomic E-state index is 12.9. The van der Waals surface area contributed by atoms with E-state index in [1.165, 1.54) is 31.4 Å². The molecule has 3 rings (SSSR count). The van der Waals surface area contributed by atoms with E-state index in [1.54, 1.807) is 13.1 Å². The number of nitrogens with zero attached hydrogens (tertiary/aromatic N) is 3. The van der Waals surface area contributed by atoms with Gasteiger partial charge in [-0.25, -0.2) is 0 Å². The minimum atomic E-state index is -4.33. The van der Waals surface area contributed by atoms with Crippen LogP contribution in [0.15, 0.2) is 29.3 Å². The average molecular weight is 426 g/mol. The van der Waals surface area contributed by atoms with Crippen molar-refractivity contribution in [1.82, 2.24) is 20.4 Å². The minimum absolute atomic E-state index is 0.112. The van der Waals surface area contributed by atoms with E-state index < -0.39 is 11.7 Å². The highest BCUT2D eigenvalue weighted by atomic mass is 19.4. The van der Waals surface area contributed by atoms with Crippen LogP contribution < -0.4 is 10.6 Å². The summed E-state index contributed by atoms with van der Waals surface area (Å²) in [4.78, 5) is 9.32. The van der Waals surface area contributed by atoms with Gasteiger partial charge in [0.05, 0.1) is 5.56 Å². The number of nitrogens with one attached hydrogen (secondary N) is 2. The lowest BCUT2D eigenvalue weighted by Crippen LogP contribution is -2.62. The molecule has 2 aliphatic rings. The summed E-state index contributed by atoms with van der Waals surface area (Å²) in [5.74, 6) is 0.628. The van der Waals surface area contributed by atoms with Crippen molar-refractivity contribution >= 4 is 5.96 Å². The van der Waals surface area contributed by atoms with Crippen LogP contribution in [0.3, 0.4) is 0 Å². The maximum absolute atomic E-state index is 12.9. The van der Waals surface area contributed by atoms with Crippen molar-refractivity contribution in [3.05, 3.63) is 35.4 Å². The number of aliphatic imine (C=N–C) groups is 1. The third kappa shape index (κ3) is 5.88. The predicted octanol–water partition coefficient (Wildman–Crippen LogP) is 3.32. The molecule has 2 aliphatic heterocycles. The second kappa shape index (κ2) is 10.0. The Bertz CT molecular complexity index is 705. The van der Waals surface area contributed by atoms with E-state index in [2.05, 4.69) is 32.5 Å². The zero-order valence-electron chi connectivity index (χ0n) is 18.1. The Balaban J connectivity index is 1.60. The Morgan fingerprint density at radius 2 is 1.77 bits per heavy atom. The molecule has 0 bridgehead atoms. The van der Waals surface area contributed by atoms with Crippen LogP contribution in [-0.2, 0) is 12.7 Å². The van der Waals surface area contributed by atoms with Crippen LogP contribution in [0.25, 0.3) is 0 Å². The molecule has 0 spiro atoms. The maximum Gasteiger partial charge on any atom is 0.416 e. The lowest BCUT2D eigenvalue weighted by Gasteiger charge is -2.50. The Kier molecular flexibility index (Phi) is 7.63. The summed E-state index contributed by atoms with van der Waals surface area (Å²) >= 11 is 0. The third-order valence-corrected chi connectivity index (χ3v) is 6.47. The van der Waals surface area contributed by atoms with Crippen molar-refractivity contribution in [3.8, 4) is 0 Å². The normalized spacial score (nSPS) is 21.4. The van der Waals surface area contributed by atoms with Crippen LogP contribution in [0.1, 0.15) is 43.2 Å². The average Bonchev–Trinajstić information content (AvgIpc) is 2.75. The van der Waals surface area contributed by atoms with E-state index in [0.29, 0.717) is 18.1 Å². The van der Waals surface area contributed by atoms with Gasteiger partial charge in [0.1, 0.15) is 0 Å². The lowest BCUT2D eigenvalue weighted by molar-refractivity contribution is -0.137. The SMILES string of the molecule is CN=C(NCc1cccc(C(F)(F)F)c1)NCC1(N2CCCCC2)CCN(C)CC1. The van der Waals surface area contributed by atoms with Crippen LogP contribution in [0, 0.1) is 0 Å². The summed E-state index contributed by atoms with van der Waals surface area (Å²) in [5.41, 5.74) is 0.0683. The second-order valence-electron chi connectivity index (χ2n) is 8.55. The Hall–Kier alpha value is -1.80. The molecule has 30 heavy (non-hydrogen) atoms. The fourth-order valence-electron chi connectivity index (χ4n) is 4.52. The fourth-order valence-corrected chi connectivity index (χ4v) is 4.52. The van der Waals surface area contributed by atoms with E-state index in [9.17, 15) is 13.2 Å². The molecule has 1 aromatic rings. The van der Waals surface area contributed by atoms with Crippen LogP contribution in [0.2, 0.25) is 0 Å². The van der Waals surface area contributed by atoms with E-state index in [4.69, 9.17) is 0 Å². The number of alkyl halides is 3. The van der Waals surface area contributed by atoms with Crippen LogP contribution in [-0.4, -0.2) is 68.1 Å². The molecule has 2 saturated heterocycles. The second-order valence-corrected chi connectivity index (χ2v) is 8.55. The monoisotopic (exact) mass is 425 g/mol. The molecular weight excluding hydrogens is 391 g/mol. The molecule has 0 amide bonds. The van der Waals surface area contributed by atoms with E-state index in [1.807, 2.05) is 0 Å². The first-order valence-electron chi connectivity index (χ1n) is 10.9. The predicted molar refractivity (Wildman–Crippen MR) is 115 cm³/mol. The van der Waals surface area contributed by atoms with Gasteiger partial charge in [-0.1, -0.05) is 18.6 Å². The van der Waals surface area contributed by atoms with Gasteiger partial charge >= 0.3 is 6.18 Å². The first-order chi connectivity index (χ1) is 14.3. The van der Waals surface area contributed by atoms with Crippen LogP contribution >= 0.6 is 0 Å². The number of piperidine rings is 2. The van der Waals surface area contributed by atoms with Gasteiger partial charge in [-0.3, -0.25) is 9.89 Å². The molecule has 168 valence electrons. The molecule has 5 nitrogen and oxygen atoms in total. The Morgan fingerprint density at radius 3 is 2.40 bits per heavy atom. The number of halogens is 3. The van der Waals surface area contributed by atoms with Gasteiger partial charge in [0.2, 0.25) is 0 Å². The van der Waals surface area contributed by atoms with Crippen molar-refractivity contribution in [2.45, 2.75) is 50.4 Å². The van der Waals surface area contributed by atoms with Gasteiger partial charge in [0.15, 0.2) is 5.96 Å². The van der Waals surface area contributed by atoms with Crippen LogP contribution in [0.4, 0.5) is 13.2 Å². The third-order valence-electron chi connectivity index (χ3n) is 6.47. The van der Waals surface area contributed by atoms with E-state index in [0.717, 1.165) is 51.6 Å². The molecule has 2 N–H and O–H groups in total. The van der Waals surface area contributed by atoms with Gasteiger partial charge in [-0.2, -0.15) is 13.2 Å². The van der Waals surface area contributed by atoms with Gasteiger partial charge in [0.25, 0.3) is 0 Å². The number of likely N-dealkylation sites (tertiary alicyclic amines) is 2. The number of guanidine groups is 1. The van der Waals surface area contributed by atoms with Crippen molar-refractivity contribution in [3.63, 3.8) is 0 Å². The summed E-state index contributed by atoms with van der Waals surface area (Å²) < 4.78 is 38.8. The number of benzene rings is 1. The summed E-state index contributed by atoms with van der Waals surface area (Å²) in [6.45, 7) is 5.53. The zero-order chi connectivity index (χ0) is 21.6. The minimum Gasteiger partial charge on any atom is -0.355 e. The van der Waals surface area contributed by atoms with Gasteiger partial charge < -0.3 is 15.5 Å². The zero-order valence-corrected chi connectivity index (χ0v) is 18.1. The Morgan fingerprint density at radius 1 is 1.07 bits per heavy atom. The summed E-state index contributed by atoms with van der Waals surface area (Å²) in [6.07, 6.45) is 1.70. The molecule has 0 aliphatic carbocycles. The first kappa shape index (κ1) is 22.9. The smallest absolute Gasteiger partial charge is 0.355 e. The lowest BCUT2D eigenvalue weighted by atomic mass is 9.84. The first-order valence-corrected chi connectivity index (χ1v) is 10.9. The van der Waals surface area contributed by atoms with Crippen molar-refractivity contribution < 1.29 is 13.2 Å². The summed E-state index contributed by atoms with van der Waals surface area (Å²) in [6, 6.07) is 5.42. The molecule has 0 aromatic heterocycles. The number of hydrogen-bond acceptors (Lipinski definition) is 3. The summed E-state index contributed by atoms with van der Waals surface area (Å²) in [5, 5.41) is 6.64. The number of rotatable bonds is 5. The fraction of sp³-hybridized carbons (Fsp3) is 0.682. The largest absolute Gasteiger partial charge is 0.416 e. The molecule has 2 fully saturated rings. The van der Waals surface area contributed by atoms with Crippen LogP contribution in [0.5, 0.6) is 0 Å². The molecule has 2 heterocycles. The van der Waals surface area contributed by atoms with E-state index in [-0.39, 0.29) is 5.54 Å². The molecule has 1 aromatic carbocycles. The molecular formula is C22H34F3N5. The molecule has 0 radical (unpaired) electrons. The van der Waals surface area contributed by atoms with Gasteiger partial charge in [-0.15, -0.1) is 0 Å². The van der Waals surface area contributed by atoms with Gasteiger partial charge in [-0.05, 0) is 76.6 Å². The van der Waals surface area contributed by atoms with Crippen molar-refractivity contribution in [1.29, 1.82) is 0 Å². The van der Waals surface area contributed by atoms with Crippen molar-refractivity contribution in [2.24, 2.45) is 4.99 Å². The highest BCUT2D eigenvalue weighted by molar-refractivity contribution is 5.79. The molecule has 0 atom stereocenters. The molecule has 0 saturated carbocycles. The summed E-state index contributed by atoms with van der Waals surface area (Å²) in [7, 11) is 3.87. The van der Waals surface area contributed by atoms with Crippen molar-refractivity contribution in [2.75, 3.05) is 46.8 Å². The molecule has 8 heteroatoms. The molecule has 0 unspecified atom stereocenters. The highest BCUT2D eigenvalue weighted by Crippen LogP contribution is 2.31. The Labute approximate surface area is 177 Å². The topological polar surface area (TPSA) is 42.9 Å². The van der Waals surface area contributed by atoms with E-state index >= 15 is 0 Å².